The first-order valence-corrected chi connectivity index (χ1v) is 6.35. The third-order valence-electron chi connectivity index (χ3n) is 2.42. The number of hydrogen-bond acceptors (Lipinski definition) is 4. The minimum atomic E-state index is -2.78. The van der Waals surface area contributed by atoms with E-state index in [0.29, 0.717) is 13.0 Å². The van der Waals surface area contributed by atoms with Gasteiger partial charge >= 0.3 is 5.97 Å². The predicted molar refractivity (Wildman–Crippen MR) is 51.9 cm³/mol. The molecule has 1 fully saturated rings. The van der Waals surface area contributed by atoms with Crippen molar-refractivity contribution in [2.45, 2.75) is 18.9 Å². The minimum absolute atomic E-state index is 0.0915. The van der Waals surface area contributed by atoms with Gasteiger partial charge < -0.3 is 10.0 Å². The van der Waals surface area contributed by atoms with Crippen molar-refractivity contribution in [1.29, 1.82) is 0 Å². The number of carboxylic acids is 1. The Hall–Kier alpha value is -0.620. The van der Waals surface area contributed by atoms with Gasteiger partial charge in [-0.15, -0.1) is 0 Å². The summed E-state index contributed by atoms with van der Waals surface area (Å²) in [5.41, 5.74) is 0. The molecule has 1 aliphatic rings. The molecule has 0 aromatic carbocycles. The fraction of sp³-hybridized carbons (Fsp3) is 0.875. The molecule has 1 rings (SSSR count). The van der Waals surface area contributed by atoms with E-state index in [1.54, 1.807) is 0 Å². The van der Waals surface area contributed by atoms with Gasteiger partial charge in [-0.25, -0.2) is 8.42 Å². The summed E-state index contributed by atoms with van der Waals surface area (Å²) in [6.07, 6.45) is 0.714. The summed E-state index contributed by atoms with van der Waals surface area (Å²) in [6.45, 7) is 0.645. The first-order chi connectivity index (χ1) is 6.41. The molecule has 0 aromatic rings. The van der Waals surface area contributed by atoms with E-state index in [4.69, 9.17) is 5.11 Å². The van der Waals surface area contributed by atoms with Gasteiger partial charge in [-0.3, -0.25) is 4.79 Å². The molecule has 0 amide bonds. The van der Waals surface area contributed by atoms with Crippen LogP contribution >= 0.6 is 0 Å². The van der Waals surface area contributed by atoms with Gasteiger partial charge in [0.05, 0.1) is 11.5 Å². The molecule has 82 valence electrons. The molecule has 0 unspecified atom stereocenters. The lowest BCUT2D eigenvalue weighted by Crippen LogP contribution is -2.51. The number of hydrogen-bond donors (Lipinski definition) is 1. The topological polar surface area (TPSA) is 74.7 Å². The van der Waals surface area contributed by atoms with Crippen molar-refractivity contribution in [2.24, 2.45) is 0 Å². The Balaban J connectivity index is 2.18. The summed E-state index contributed by atoms with van der Waals surface area (Å²) in [5, 5.41) is 8.40. The van der Waals surface area contributed by atoms with Gasteiger partial charge in [0.15, 0.2) is 9.84 Å². The maximum absolute atomic E-state index is 10.9. The molecule has 0 bridgehead atoms. The maximum atomic E-state index is 10.9. The lowest BCUT2D eigenvalue weighted by Gasteiger charge is -2.34. The van der Waals surface area contributed by atoms with Crippen LogP contribution in [0.3, 0.4) is 0 Å². The maximum Gasteiger partial charge on any atom is 0.303 e. The summed E-state index contributed by atoms with van der Waals surface area (Å²) < 4.78 is 21.7. The van der Waals surface area contributed by atoms with Crippen LogP contribution in [-0.2, 0) is 14.6 Å². The van der Waals surface area contributed by atoms with Gasteiger partial charge in [0, 0.05) is 12.5 Å². The predicted octanol–water partition coefficient (Wildman–Crippen LogP) is -0.420. The zero-order chi connectivity index (χ0) is 10.8. The number of nitrogens with zero attached hydrogens (tertiary/aromatic N) is 1. The van der Waals surface area contributed by atoms with E-state index in [1.807, 2.05) is 11.9 Å². The Morgan fingerprint density at radius 1 is 1.50 bits per heavy atom. The summed E-state index contributed by atoms with van der Waals surface area (Å²) in [5.74, 6) is -0.368. The molecule has 6 heteroatoms. The third kappa shape index (κ3) is 3.26. The van der Waals surface area contributed by atoms with Gasteiger partial charge in [-0.2, -0.15) is 0 Å². The summed E-state index contributed by atoms with van der Waals surface area (Å²) in [6, 6.07) is 0.0915. The third-order valence-corrected chi connectivity index (χ3v) is 4.20. The molecule has 0 aromatic heterocycles. The molecule has 0 atom stereocenters. The van der Waals surface area contributed by atoms with E-state index in [1.165, 1.54) is 0 Å². The molecule has 0 saturated carbocycles. The molecular formula is C8H15NO4S. The van der Waals surface area contributed by atoms with Crippen LogP contribution in [-0.4, -0.2) is 55.5 Å². The monoisotopic (exact) mass is 221 g/mol. The first-order valence-electron chi connectivity index (χ1n) is 4.53. The average Bonchev–Trinajstić information content (AvgIpc) is 1.99. The van der Waals surface area contributed by atoms with Crippen molar-refractivity contribution in [3.8, 4) is 0 Å². The Morgan fingerprint density at radius 3 is 2.50 bits per heavy atom. The summed E-state index contributed by atoms with van der Waals surface area (Å²) in [4.78, 5) is 12.1. The molecule has 14 heavy (non-hydrogen) atoms. The Morgan fingerprint density at radius 2 is 2.07 bits per heavy atom. The van der Waals surface area contributed by atoms with Crippen molar-refractivity contribution >= 4 is 15.8 Å². The number of rotatable bonds is 5. The van der Waals surface area contributed by atoms with Gasteiger partial charge in [-0.05, 0) is 20.0 Å². The highest BCUT2D eigenvalue weighted by molar-refractivity contribution is 7.92. The summed E-state index contributed by atoms with van der Waals surface area (Å²) >= 11 is 0. The van der Waals surface area contributed by atoms with Gasteiger partial charge in [0.25, 0.3) is 0 Å². The fourth-order valence-electron chi connectivity index (χ4n) is 1.45. The van der Waals surface area contributed by atoms with E-state index >= 15 is 0 Å². The molecule has 1 heterocycles. The van der Waals surface area contributed by atoms with Crippen LogP contribution in [0.4, 0.5) is 0 Å². The molecule has 0 spiro atoms. The molecule has 5 nitrogen and oxygen atoms in total. The second-order valence-corrected chi connectivity index (χ2v) is 5.86. The van der Waals surface area contributed by atoms with Crippen molar-refractivity contribution < 1.29 is 18.3 Å². The van der Waals surface area contributed by atoms with Crippen LogP contribution in [0.5, 0.6) is 0 Å². The van der Waals surface area contributed by atoms with E-state index in [2.05, 4.69) is 0 Å². The first kappa shape index (κ1) is 11.5. The Labute approximate surface area is 83.6 Å². The highest BCUT2D eigenvalue weighted by Crippen LogP contribution is 2.16. The molecule has 0 aliphatic carbocycles. The average molecular weight is 221 g/mol. The zero-order valence-electron chi connectivity index (χ0n) is 8.14. The largest absolute Gasteiger partial charge is 0.481 e. The van der Waals surface area contributed by atoms with Crippen LogP contribution in [0.25, 0.3) is 0 Å². The minimum Gasteiger partial charge on any atom is -0.481 e. The van der Waals surface area contributed by atoms with E-state index in [9.17, 15) is 13.2 Å². The van der Waals surface area contributed by atoms with Gasteiger partial charge in [0.2, 0.25) is 0 Å². The number of aliphatic carboxylic acids is 1. The normalized spacial score (nSPS) is 20.7. The van der Waals surface area contributed by atoms with Crippen LogP contribution < -0.4 is 0 Å². The smallest absolute Gasteiger partial charge is 0.303 e. The molecule has 1 aliphatic heterocycles. The molecule has 1 N–H and O–H groups in total. The number of carboxylic acid groups (broad SMARTS) is 1. The van der Waals surface area contributed by atoms with Crippen molar-refractivity contribution in [3.05, 3.63) is 0 Å². The zero-order valence-corrected chi connectivity index (χ0v) is 8.96. The van der Waals surface area contributed by atoms with E-state index in [0.717, 1.165) is 0 Å². The second-order valence-electron chi connectivity index (χ2n) is 3.71. The highest BCUT2D eigenvalue weighted by atomic mass is 32.2. The van der Waals surface area contributed by atoms with Crippen molar-refractivity contribution in [1.82, 2.24) is 4.90 Å². The standard InChI is InChI=1S/C8H15NO4S/c1-9(4-2-3-8(10)11)7-5-14(12,13)6-7/h7H,2-6H2,1H3,(H,10,11). The lowest BCUT2D eigenvalue weighted by atomic mass is 10.2. The number of sulfone groups is 1. The van der Waals surface area contributed by atoms with Crippen molar-refractivity contribution in [3.63, 3.8) is 0 Å². The van der Waals surface area contributed by atoms with E-state index < -0.39 is 15.8 Å². The van der Waals surface area contributed by atoms with Crippen LogP contribution in [0.2, 0.25) is 0 Å². The molecular weight excluding hydrogens is 206 g/mol. The fourth-order valence-corrected chi connectivity index (χ4v) is 3.04. The quantitative estimate of drug-likeness (QED) is 0.682. The Kier molecular flexibility index (Phi) is 3.49. The van der Waals surface area contributed by atoms with Gasteiger partial charge in [-0.1, -0.05) is 0 Å². The van der Waals surface area contributed by atoms with Crippen molar-refractivity contribution in [2.75, 3.05) is 25.1 Å². The number of carbonyl (C=O) groups is 1. The summed E-state index contributed by atoms with van der Waals surface area (Å²) in [7, 11) is -0.941. The van der Waals surface area contributed by atoms with Crippen LogP contribution in [0.15, 0.2) is 0 Å². The van der Waals surface area contributed by atoms with Crippen LogP contribution in [0, 0.1) is 0 Å². The Bertz CT molecular complexity index is 299. The molecule has 0 radical (unpaired) electrons. The highest BCUT2D eigenvalue weighted by Gasteiger charge is 2.35. The lowest BCUT2D eigenvalue weighted by molar-refractivity contribution is -0.137. The second kappa shape index (κ2) is 4.27. The SMILES string of the molecule is CN(CCCC(=O)O)C1CS(=O)(=O)C1. The van der Waals surface area contributed by atoms with Gasteiger partial charge in [0.1, 0.15) is 0 Å². The van der Waals surface area contributed by atoms with Crippen LogP contribution in [0.1, 0.15) is 12.8 Å². The van der Waals surface area contributed by atoms with E-state index in [-0.39, 0.29) is 24.0 Å². The molecule has 1 saturated heterocycles.